The topological polar surface area (TPSA) is 62.5 Å². The van der Waals surface area contributed by atoms with Crippen LogP contribution in [0, 0.1) is 22.7 Å². The fourth-order valence-electron chi connectivity index (χ4n) is 3.09. The van der Waals surface area contributed by atoms with Gasteiger partial charge in [0.1, 0.15) is 5.60 Å². The largest absolute Gasteiger partial charge is 0.383 e. The first kappa shape index (κ1) is 15.4. The summed E-state index contributed by atoms with van der Waals surface area (Å²) in [5.74, 6) is 0.672. The lowest BCUT2D eigenvalue weighted by atomic mass is 9.62. The summed E-state index contributed by atoms with van der Waals surface area (Å²) in [4.78, 5) is 0. The number of hydrogen-bond donors (Lipinski definition) is 1. The third-order valence-electron chi connectivity index (χ3n) is 4.61. The fourth-order valence-corrected chi connectivity index (χ4v) is 3.09. The number of aliphatic hydroxyl groups is 1. The first-order valence-electron chi connectivity index (χ1n) is 6.66. The van der Waals surface area contributed by atoms with E-state index in [1.165, 1.54) is 14.2 Å². The summed E-state index contributed by atoms with van der Waals surface area (Å²) < 4.78 is 10.3. The maximum atomic E-state index is 10.7. The van der Waals surface area contributed by atoms with Crippen LogP contribution in [0.4, 0.5) is 0 Å². The lowest BCUT2D eigenvalue weighted by Crippen LogP contribution is -2.56. The van der Waals surface area contributed by atoms with Gasteiger partial charge in [-0.1, -0.05) is 13.3 Å². The summed E-state index contributed by atoms with van der Waals surface area (Å²) in [5.41, 5.74) is -2.06. The molecule has 0 bridgehead atoms. The van der Waals surface area contributed by atoms with E-state index in [4.69, 9.17) is 9.47 Å². The Morgan fingerprint density at radius 3 is 2.22 bits per heavy atom. The second kappa shape index (κ2) is 6.01. The summed E-state index contributed by atoms with van der Waals surface area (Å²) in [7, 11) is 2.98. The highest BCUT2D eigenvalue weighted by Gasteiger charge is 2.54. The molecule has 1 aliphatic carbocycles. The molecule has 0 aromatic rings. The van der Waals surface area contributed by atoms with Crippen LogP contribution in [0.25, 0.3) is 0 Å². The van der Waals surface area contributed by atoms with Crippen LogP contribution in [0.1, 0.15) is 46.0 Å². The Balaban J connectivity index is 2.92. The Morgan fingerprint density at radius 1 is 1.39 bits per heavy atom. The van der Waals surface area contributed by atoms with Gasteiger partial charge in [0, 0.05) is 14.2 Å². The Labute approximate surface area is 110 Å². The van der Waals surface area contributed by atoms with Gasteiger partial charge in [-0.15, -0.1) is 0 Å². The molecule has 104 valence electrons. The molecule has 0 saturated heterocycles. The SMILES string of the molecule is CCC1CCC(C#N)(C(C)(O)C(OC)OC)CC1. The molecule has 0 radical (unpaired) electrons. The van der Waals surface area contributed by atoms with E-state index in [0.717, 1.165) is 19.3 Å². The molecular formula is C14H25NO3. The summed E-state index contributed by atoms with van der Waals surface area (Å²) in [6.07, 6.45) is 3.76. The molecule has 18 heavy (non-hydrogen) atoms. The molecule has 0 aromatic heterocycles. The molecule has 4 heteroatoms. The van der Waals surface area contributed by atoms with E-state index in [1.807, 2.05) is 0 Å². The zero-order valence-corrected chi connectivity index (χ0v) is 11.9. The van der Waals surface area contributed by atoms with Crippen LogP contribution in [0.3, 0.4) is 0 Å². The molecule has 1 N–H and O–H groups in total. The van der Waals surface area contributed by atoms with E-state index in [1.54, 1.807) is 6.92 Å². The van der Waals surface area contributed by atoms with Crippen molar-refractivity contribution in [2.24, 2.45) is 11.3 Å². The van der Waals surface area contributed by atoms with E-state index < -0.39 is 17.3 Å². The minimum Gasteiger partial charge on any atom is -0.383 e. The Morgan fingerprint density at radius 2 is 1.89 bits per heavy atom. The highest BCUT2D eigenvalue weighted by Crippen LogP contribution is 2.48. The van der Waals surface area contributed by atoms with Crippen LogP contribution in [0.15, 0.2) is 0 Å². The fraction of sp³-hybridized carbons (Fsp3) is 0.929. The first-order chi connectivity index (χ1) is 8.47. The molecule has 0 spiro atoms. The van der Waals surface area contributed by atoms with Gasteiger partial charge in [0.05, 0.1) is 11.5 Å². The van der Waals surface area contributed by atoms with Gasteiger partial charge in [-0.3, -0.25) is 0 Å². The third-order valence-corrected chi connectivity index (χ3v) is 4.61. The van der Waals surface area contributed by atoms with Gasteiger partial charge in [0.25, 0.3) is 0 Å². The predicted molar refractivity (Wildman–Crippen MR) is 68.7 cm³/mol. The maximum absolute atomic E-state index is 10.7. The van der Waals surface area contributed by atoms with Crippen molar-refractivity contribution < 1.29 is 14.6 Å². The normalized spacial score (nSPS) is 31.9. The van der Waals surface area contributed by atoms with Crippen LogP contribution in [-0.4, -0.2) is 31.2 Å². The van der Waals surface area contributed by atoms with Gasteiger partial charge in [0.2, 0.25) is 0 Å². The second-order valence-corrected chi connectivity index (χ2v) is 5.50. The van der Waals surface area contributed by atoms with E-state index in [2.05, 4.69) is 13.0 Å². The van der Waals surface area contributed by atoms with Crippen molar-refractivity contribution >= 4 is 0 Å². The standard InChI is InChI=1S/C14H25NO3/c1-5-11-6-8-14(10-15,9-7-11)13(2,16)12(17-3)18-4/h11-12,16H,5-9H2,1-4H3. The van der Waals surface area contributed by atoms with Gasteiger partial charge in [-0.25, -0.2) is 0 Å². The summed E-state index contributed by atoms with van der Waals surface area (Å²) in [5, 5.41) is 20.3. The molecule has 4 nitrogen and oxygen atoms in total. The van der Waals surface area contributed by atoms with Gasteiger partial charge in [-0.05, 0) is 38.5 Å². The molecule has 0 aromatic carbocycles. The molecule has 1 fully saturated rings. The molecule has 1 aliphatic rings. The van der Waals surface area contributed by atoms with E-state index in [0.29, 0.717) is 18.8 Å². The number of rotatable bonds is 5. The third kappa shape index (κ3) is 2.54. The zero-order chi connectivity index (χ0) is 13.8. The van der Waals surface area contributed by atoms with Crippen LogP contribution in [-0.2, 0) is 9.47 Å². The average molecular weight is 255 g/mol. The minimum atomic E-state index is -1.29. The number of hydrogen-bond acceptors (Lipinski definition) is 4. The second-order valence-electron chi connectivity index (χ2n) is 5.50. The van der Waals surface area contributed by atoms with E-state index >= 15 is 0 Å². The van der Waals surface area contributed by atoms with Crippen molar-refractivity contribution in [2.45, 2.75) is 57.8 Å². The van der Waals surface area contributed by atoms with Gasteiger partial charge in [0.15, 0.2) is 6.29 Å². The molecular weight excluding hydrogens is 230 g/mol. The summed E-state index contributed by atoms with van der Waals surface area (Å²) >= 11 is 0. The molecule has 0 heterocycles. The van der Waals surface area contributed by atoms with Crippen molar-refractivity contribution in [3.8, 4) is 6.07 Å². The van der Waals surface area contributed by atoms with Gasteiger partial charge >= 0.3 is 0 Å². The molecule has 1 rings (SSSR count). The summed E-state index contributed by atoms with van der Waals surface area (Å²) in [6, 6.07) is 2.34. The Kier molecular flexibility index (Phi) is 5.15. The van der Waals surface area contributed by atoms with Gasteiger partial charge in [-0.2, -0.15) is 5.26 Å². The predicted octanol–water partition coefficient (Wildman–Crippen LogP) is 2.47. The lowest BCUT2D eigenvalue weighted by molar-refractivity contribution is -0.246. The molecule has 0 aliphatic heterocycles. The number of methoxy groups -OCH3 is 2. The summed E-state index contributed by atoms with van der Waals surface area (Å²) in [6.45, 7) is 3.83. The lowest BCUT2D eigenvalue weighted by Gasteiger charge is -2.46. The Hall–Kier alpha value is -0.630. The molecule has 1 unspecified atom stereocenters. The minimum absolute atomic E-state index is 0.672. The van der Waals surface area contributed by atoms with Crippen LogP contribution in [0.2, 0.25) is 0 Å². The maximum Gasteiger partial charge on any atom is 0.186 e. The molecule has 0 amide bonds. The quantitative estimate of drug-likeness (QED) is 0.767. The van der Waals surface area contributed by atoms with Gasteiger partial charge < -0.3 is 14.6 Å². The first-order valence-corrected chi connectivity index (χ1v) is 6.66. The van der Waals surface area contributed by atoms with Crippen LogP contribution in [0.5, 0.6) is 0 Å². The number of nitriles is 1. The monoisotopic (exact) mass is 255 g/mol. The van der Waals surface area contributed by atoms with Crippen molar-refractivity contribution in [2.75, 3.05) is 14.2 Å². The average Bonchev–Trinajstić information content (AvgIpc) is 2.39. The Bertz CT molecular complexity index is 297. The molecule has 1 saturated carbocycles. The molecule has 1 atom stereocenters. The van der Waals surface area contributed by atoms with Crippen molar-refractivity contribution in [3.05, 3.63) is 0 Å². The van der Waals surface area contributed by atoms with E-state index in [-0.39, 0.29) is 0 Å². The highest BCUT2D eigenvalue weighted by atomic mass is 16.7. The van der Waals surface area contributed by atoms with Crippen molar-refractivity contribution in [1.29, 1.82) is 5.26 Å². The smallest absolute Gasteiger partial charge is 0.186 e. The highest BCUT2D eigenvalue weighted by molar-refractivity contribution is 5.12. The number of nitrogens with zero attached hydrogens (tertiary/aromatic N) is 1. The van der Waals surface area contributed by atoms with E-state index in [9.17, 15) is 10.4 Å². The zero-order valence-electron chi connectivity index (χ0n) is 11.9. The van der Waals surface area contributed by atoms with Crippen LogP contribution >= 0.6 is 0 Å². The number of ether oxygens (including phenoxy) is 2. The van der Waals surface area contributed by atoms with Crippen molar-refractivity contribution in [3.63, 3.8) is 0 Å². The van der Waals surface area contributed by atoms with Crippen molar-refractivity contribution in [1.82, 2.24) is 0 Å². The van der Waals surface area contributed by atoms with Crippen LogP contribution < -0.4 is 0 Å².